The van der Waals surface area contributed by atoms with Crippen molar-refractivity contribution in [2.24, 2.45) is 0 Å². The van der Waals surface area contributed by atoms with Crippen LogP contribution in [0.1, 0.15) is 35.5 Å². The Labute approximate surface area is 222 Å². The number of thiocarbonyl (C=S) groups is 1. The van der Waals surface area contributed by atoms with Crippen molar-refractivity contribution in [1.82, 2.24) is 19.8 Å². The number of pyridine rings is 1. The van der Waals surface area contributed by atoms with Crippen LogP contribution in [0.3, 0.4) is 0 Å². The van der Waals surface area contributed by atoms with Gasteiger partial charge < -0.3 is 24.8 Å². The van der Waals surface area contributed by atoms with Crippen molar-refractivity contribution in [3.05, 3.63) is 108 Å². The molecule has 8 heteroatoms. The second-order valence-electron chi connectivity index (χ2n) is 8.99. The molecule has 1 amide bonds. The number of carbonyl (C=O) groups is 1. The van der Waals surface area contributed by atoms with Gasteiger partial charge in [-0.1, -0.05) is 24.3 Å². The number of rotatable bonds is 8. The Morgan fingerprint density at radius 1 is 1.08 bits per heavy atom. The lowest BCUT2D eigenvalue weighted by Crippen LogP contribution is -2.33. The molecule has 37 heavy (non-hydrogen) atoms. The summed E-state index contributed by atoms with van der Waals surface area (Å²) in [7, 11) is 1.66. The van der Waals surface area contributed by atoms with E-state index in [4.69, 9.17) is 17.0 Å². The number of aromatic nitrogens is 2. The summed E-state index contributed by atoms with van der Waals surface area (Å²) in [5.41, 5.74) is 4.80. The van der Waals surface area contributed by atoms with Crippen LogP contribution in [0.25, 0.3) is 5.69 Å². The van der Waals surface area contributed by atoms with E-state index in [-0.39, 0.29) is 18.0 Å². The molecule has 0 radical (unpaired) electrons. The zero-order chi connectivity index (χ0) is 25.8. The minimum atomic E-state index is -0.173. The first-order valence-corrected chi connectivity index (χ1v) is 12.6. The lowest BCUT2D eigenvalue weighted by atomic mass is 10.0. The molecule has 188 valence electrons. The highest BCUT2D eigenvalue weighted by Gasteiger charge is 2.41. The number of carbonyl (C=O) groups excluding carboxylic acids is 1. The number of hydrogen-bond donors (Lipinski definition) is 2. The molecule has 0 bridgehead atoms. The van der Waals surface area contributed by atoms with Crippen LogP contribution >= 0.6 is 12.2 Å². The summed E-state index contributed by atoms with van der Waals surface area (Å²) in [5, 5.41) is 7.07. The molecule has 5 rings (SSSR count). The van der Waals surface area contributed by atoms with Gasteiger partial charge in [-0.25, -0.2) is 0 Å². The lowest BCUT2D eigenvalue weighted by Gasteiger charge is -2.29. The van der Waals surface area contributed by atoms with Crippen molar-refractivity contribution < 1.29 is 9.53 Å². The molecule has 0 saturated carbocycles. The van der Waals surface area contributed by atoms with Crippen LogP contribution in [0.4, 0.5) is 5.69 Å². The van der Waals surface area contributed by atoms with Gasteiger partial charge in [0.05, 0.1) is 24.9 Å². The van der Waals surface area contributed by atoms with Crippen LogP contribution in [0.5, 0.6) is 5.75 Å². The van der Waals surface area contributed by atoms with E-state index in [9.17, 15) is 4.79 Å². The summed E-state index contributed by atoms with van der Waals surface area (Å²) in [4.78, 5) is 19.6. The van der Waals surface area contributed by atoms with Gasteiger partial charge in [-0.05, 0) is 73.2 Å². The monoisotopic (exact) mass is 511 g/mol. The van der Waals surface area contributed by atoms with E-state index < -0.39 is 0 Å². The maximum Gasteiger partial charge on any atom is 0.226 e. The SMILES string of the molecule is COc1cccc(-n2cccc2[C@@H]2[C@@H](c3ccccn3)NC(=S)N2CCC(=O)Nc2cccc(C)c2)c1. The van der Waals surface area contributed by atoms with E-state index in [0.29, 0.717) is 18.1 Å². The van der Waals surface area contributed by atoms with Gasteiger partial charge >= 0.3 is 0 Å². The molecule has 0 unspecified atom stereocenters. The Hall–Kier alpha value is -4.17. The molecule has 1 saturated heterocycles. The number of ether oxygens (including phenoxy) is 1. The summed E-state index contributed by atoms with van der Waals surface area (Å²) in [6, 6.07) is 25.4. The van der Waals surface area contributed by atoms with Gasteiger partial charge in [0.25, 0.3) is 0 Å². The minimum absolute atomic E-state index is 0.0587. The van der Waals surface area contributed by atoms with E-state index in [1.54, 1.807) is 13.3 Å². The van der Waals surface area contributed by atoms with Crippen molar-refractivity contribution in [3.8, 4) is 11.4 Å². The molecule has 1 fully saturated rings. The Kier molecular flexibility index (Phi) is 7.18. The average Bonchev–Trinajstić information content (AvgIpc) is 3.52. The van der Waals surface area contributed by atoms with Crippen molar-refractivity contribution in [1.29, 1.82) is 0 Å². The number of benzene rings is 2. The number of nitrogens with zero attached hydrogens (tertiary/aromatic N) is 3. The number of anilines is 1. The van der Waals surface area contributed by atoms with Gasteiger partial charge in [0.1, 0.15) is 5.75 Å². The van der Waals surface area contributed by atoms with E-state index in [2.05, 4.69) is 31.2 Å². The molecule has 4 aromatic rings. The molecule has 2 aromatic heterocycles. The van der Waals surface area contributed by atoms with Crippen LogP contribution in [0, 0.1) is 6.92 Å². The van der Waals surface area contributed by atoms with Gasteiger partial charge in [-0.3, -0.25) is 9.78 Å². The number of methoxy groups -OCH3 is 1. The lowest BCUT2D eigenvalue weighted by molar-refractivity contribution is -0.116. The van der Waals surface area contributed by atoms with Crippen LogP contribution in [-0.2, 0) is 4.79 Å². The highest BCUT2D eigenvalue weighted by molar-refractivity contribution is 7.80. The summed E-state index contributed by atoms with van der Waals surface area (Å²) in [6.45, 7) is 2.46. The number of hydrogen-bond acceptors (Lipinski definition) is 4. The number of aryl methyl sites for hydroxylation is 1. The van der Waals surface area contributed by atoms with Gasteiger partial charge in [-0.2, -0.15) is 0 Å². The highest BCUT2D eigenvalue weighted by atomic mass is 32.1. The number of nitrogens with one attached hydrogen (secondary N) is 2. The minimum Gasteiger partial charge on any atom is -0.497 e. The highest BCUT2D eigenvalue weighted by Crippen LogP contribution is 2.39. The molecular weight excluding hydrogens is 482 g/mol. The maximum atomic E-state index is 12.9. The van der Waals surface area contributed by atoms with Crippen LogP contribution in [0.15, 0.2) is 91.3 Å². The zero-order valence-corrected chi connectivity index (χ0v) is 21.6. The summed E-state index contributed by atoms with van der Waals surface area (Å²) in [6.07, 6.45) is 4.11. The maximum absolute atomic E-state index is 12.9. The topological polar surface area (TPSA) is 71.4 Å². The third-order valence-electron chi connectivity index (χ3n) is 6.49. The molecule has 2 N–H and O–H groups in total. The second-order valence-corrected chi connectivity index (χ2v) is 9.38. The average molecular weight is 512 g/mol. The first kappa shape index (κ1) is 24.5. The molecule has 1 aliphatic rings. The molecule has 2 atom stereocenters. The normalized spacial score (nSPS) is 16.9. The van der Waals surface area contributed by atoms with E-state index in [0.717, 1.165) is 34.1 Å². The third kappa shape index (κ3) is 5.34. The first-order chi connectivity index (χ1) is 18.0. The fraction of sp³-hybridized carbons (Fsp3) is 0.207. The molecule has 1 aliphatic heterocycles. The van der Waals surface area contributed by atoms with Gasteiger partial charge in [0.2, 0.25) is 5.91 Å². The molecule has 0 spiro atoms. The number of amides is 1. The largest absolute Gasteiger partial charge is 0.497 e. The molecular formula is C29H29N5O2S. The van der Waals surface area contributed by atoms with Crippen molar-refractivity contribution in [3.63, 3.8) is 0 Å². The molecule has 7 nitrogen and oxygen atoms in total. The Balaban J connectivity index is 1.45. The Morgan fingerprint density at radius 2 is 1.95 bits per heavy atom. The molecule has 3 heterocycles. The standard InChI is InChI=1S/C29H29N5O2S/c1-20-8-5-9-21(18-20)31-26(35)14-17-34-28(27(32-29(34)37)24-12-3-4-15-30-24)25-13-7-16-33(25)22-10-6-11-23(19-22)36-2/h3-13,15-16,18-19,27-28H,14,17H2,1-2H3,(H,31,35)(H,32,37)/t27-,28-/m1/s1. The van der Waals surface area contributed by atoms with Crippen molar-refractivity contribution >= 4 is 28.9 Å². The molecule has 2 aromatic carbocycles. The summed E-state index contributed by atoms with van der Waals surface area (Å²) in [5.74, 6) is 0.722. The first-order valence-electron chi connectivity index (χ1n) is 12.2. The fourth-order valence-corrected chi connectivity index (χ4v) is 5.10. The van der Waals surface area contributed by atoms with Crippen LogP contribution in [-0.4, -0.2) is 39.1 Å². The van der Waals surface area contributed by atoms with Gasteiger partial charge in [-0.15, -0.1) is 0 Å². The van der Waals surface area contributed by atoms with Crippen LogP contribution in [0.2, 0.25) is 0 Å². The van der Waals surface area contributed by atoms with Crippen LogP contribution < -0.4 is 15.4 Å². The summed E-state index contributed by atoms with van der Waals surface area (Å²) < 4.78 is 7.59. The predicted molar refractivity (Wildman–Crippen MR) is 149 cm³/mol. The van der Waals surface area contributed by atoms with Crippen molar-refractivity contribution in [2.75, 3.05) is 19.0 Å². The fourth-order valence-electron chi connectivity index (χ4n) is 4.77. The van der Waals surface area contributed by atoms with Gasteiger partial charge in [0.15, 0.2) is 5.11 Å². The van der Waals surface area contributed by atoms with E-state index in [1.165, 1.54) is 0 Å². The summed E-state index contributed by atoms with van der Waals surface area (Å²) >= 11 is 5.79. The zero-order valence-electron chi connectivity index (χ0n) is 20.8. The Morgan fingerprint density at radius 3 is 2.73 bits per heavy atom. The third-order valence-corrected chi connectivity index (χ3v) is 6.85. The quantitative estimate of drug-likeness (QED) is 0.317. The Bertz CT molecular complexity index is 1400. The van der Waals surface area contributed by atoms with Crippen molar-refractivity contribution in [2.45, 2.75) is 25.4 Å². The van der Waals surface area contributed by atoms with E-state index >= 15 is 0 Å². The second kappa shape index (κ2) is 10.8. The predicted octanol–water partition coefficient (Wildman–Crippen LogP) is 5.19. The smallest absolute Gasteiger partial charge is 0.226 e. The van der Waals surface area contributed by atoms with E-state index in [1.807, 2.05) is 85.9 Å². The molecule has 0 aliphatic carbocycles. The van der Waals surface area contributed by atoms with Gasteiger partial charge in [0, 0.05) is 48.5 Å².